The molecule has 1 atom stereocenters. The molecule has 0 aliphatic rings. The summed E-state index contributed by atoms with van der Waals surface area (Å²) >= 11 is 0. The van der Waals surface area contributed by atoms with Crippen LogP contribution < -0.4 is 10.6 Å². The molecule has 0 spiro atoms. The number of benzene rings is 2. The Morgan fingerprint density at radius 2 is 1.72 bits per heavy atom. The largest absolute Gasteiger partial charge is 0.354 e. The van der Waals surface area contributed by atoms with Crippen molar-refractivity contribution in [2.75, 3.05) is 13.1 Å². The molecule has 0 aromatic heterocycles. The topological polar surface area (TPSA) is 58.2 Å². The Balaban J connectivity index is 1.80. The molecule has 2 N–H and O–H groups in total. The van der Waals surface area contributed by atoms with Gasteiger partial charge in [0.25, 0.3) is 5.91 Å². The van der Waals surface area contributed by atoms with Gasteiger partial charge in [0, 0.05) is 18.7 Å². The third-order valence-corrected chi connectivity index (χ3v) is 4.07. The molecule has 0 radical (unpaired) electrons. The van der Waals surface area contributed by atoms with Crippen molar-refractivity contribution in [1.29, 1.82) is 0 Å². The lowest BCUT2D eigenvalue weighted by atomic mass is 9.96. The van der Waals surface area contributed by atoms with Crippen LogP contribution in [0, 0.1) is 12.7 Å². The Bertz CT molecular complexity index is 732. The molecular weight excluding hydrogens is 319 g/mol. The number of hydrogen-bond acceptors (Lipinski definition) is 2. The summed E-state index contributed by atoms with van der Waals surface area (Å²) in [5.41, 5.74) is 1.74. The zero-order valence-corrected chi connectivity index (χ0v) is 14.5. The van der Waals surface area contributed by atoms with Crippen molar-refractivity contribution >= 4 is 11.8 Å². The van der Waals surface area contributed by atoms with E-state index < -0.39 is 5.82 Å². The molecule has 0 saturated heterocycles. The van der Waals surface area contributed by atoms with Gasteiger partial charge >= 0.3 is 0 Å². The van der Waals surface area contributed by atoms with Crippen molar-refractivity contribution in [3.8, 4) is 0 Å². The molecule has 0 saturated carbocycles. The van der Waals surface area contributed by atoms with Gasteiger partial charge in [-0.05, 0) is 36.6 Å². The molecule has 2 aromatic rings. The Morgan fingerprint density at radius 1 is 1.04 bits per heavy atom. The van der Waals surface area contributed by atoms with Crippen molar-refractivity contribution in [2.45, 2.75) is 26.2 Å². The van der Waals surface area contributed by atoms with Gasteiger partial charge in [0.2, 0.25) is 5.91 Å². The van der Waals surface area contributed by atoms with E-state index in [1.165, 1.54) is 6.07 Å². The van der Waals surface area contributed by atoms with E-state index >= 15 is 0 Å². The van der Waals surface area contributed by atoms with Crippen molar-refractivity contribution in [1.82, 2.24) is 10.6 Å². The van der Waals surface area contributed by atoms with Gasteiger partial charge in [0.15, 0.2) is 0 Å². The van der Waals surface area contributed by atoms with Gasteiger partial charge in [0.05, 0.1) is 5.92 Å². The fourth-order valence-corrected chi connectivity index (χ4v) is 2.58. The maximum absolute atomic E-state index is 13.5. The fourth-order valence-electron chi connectivity index (χ4n) is 2.58. The van der Waals surface area contributed by atoms with E-state index in [-0.39, 0.29) is 29.8 Å². The van der Waals surface area contributed by atoms with Crippen LogP contribution in [0.5, 0.6) is 0 Å². The SMILES string of the molecule is CCC(C(=O)NCCNC(=O)c1ccc(C)c(F)c1)c1ccccc1. The van der Waals surface area contributed by atoms with Crippen LogP contribution in [0.3, 0.4) is 0 Å². The third-order valence-electron chi connectivity index (χ3n) is 4.07. The van der Waals surface area contributed by atoms with Gasteiger partial charge in [-0.25, -0.2) is 4.39 Å². The summed E-state index contributed by atoms with van der Waals surface area (Å²) in [6, 6.07) is 14.0. The molecule has 5 heteroatoms. The normalized spacial score (nSPS) is 11.6. The van der Waals surface area contributed by atoms with Crippen LogP contribution >= 0.6 is 0 Å². The molecule has 2 amide bonds. The quantitative estimate of drug-likeness (QED) is 0.759. The van der Waals surface area contributed by atoms with Crippen LogP contribution in [0.2, 0.25) is 0 Å². The van der Waals surface area contributed by atoms with Crippen LogP contribution in [0.1, 0.15) is 40.7 Å². The fraction of sp³-hybridized carbons (Fsp3) is 0.300. The lowest BCUT2D eigenvalue weighted by molar-refractivity contribution is -0.122. The van der Waals surface area contributed by atoms with E-state index in [1.54, 1.807) is 19.1 Å². The molecule has 4 nitrogen and oxygen atoms in total. The summed E-state index contributed by atoms with van der Waals surface area (Å²) in [5, 5.41) is 5.51. The lowest BCUT2D eigenvalue weighted by Crippen LogP contribution is -2.36. The highest BCUT2D eigenvalue weighted by atomic mass is 19.1. The monoisotopic (exact) mass is 342 g/mol. The Kier molecular flexibility index (Phi) is 6.69. The summed E-state index contributed by atoms with van der Waals surface area (Å²) < 4.78 is 13.5. The van der Waals surface area contributed by atoms with Gasteiger partial charge in [0.1, 0.15) is 5.82 Å². The van der Waals surface area contributed by atoms with Gasteiger partial charge in [-0.1, -0.05) is 43.3 Å². The van der Waals surface area contributed by atoms with E-state index in [0.717, 1.165) is 5.56 Å². The first-order valence-electron chi connectivity index (χ1n) is 8.40. The predicted octanol–water partition coefficient (Wildman–Crippen LogP) is 3.17. The zero-order chi connectivity index (χ0) is 18.2. The molecule has 25 heavy (non-hydrogen) atoms. The number of aryl methyl sites for hydroxylation is 1. The smallest absolute Gasteiger partial charge is 0.251 e. The number of carbonyl (C=O) groups excluding carboxylic acids is 2. The average molecular weight is 342 g/mol. The third kappa shape index (κ3) is 5.14. The molecule has 0 aliphatic heterocycles. The minimum atomic E-state index is -0.408. The highest BCUT2D eigenvalue weighted by Crippen LogP contribution is 2.18. The zero-order valence-electron chi connectivity index (χ0n) is 14.5. The molecule has 0 fully saturated rings. The lowest BCUT2D eigenvalue weighted by Gasteiger charge is -2.15. The Labute approximate surface area is 147 Å². The van der Waals surface area contributed by atoms with Crippen molar-refractivity contribution < 1.29 is 14.0 Å². The first-order valence-corrected chi connectivity index (χ1v) is 8.40. The summed E-state index contributed by atoms with van der Waals surface area (Å²) in [7, 11) is 0. The van der Waals surface area contributed by atoms with Crippen LogP contribution in [0.15, 0.2) is 48.5 Å². The average Bonchev–Trinajstić information content (AvgIpc) is 2.62. The van der Waals surface area contributed by atoms with Crippen molar-refractivity contribution in [3.63, 3.8) is 0 Å². The van der Waals surface area contributed by atoms with Crippen LogP contribution in [-0.4, -0.2) is 24.9 Å². The minimum absolute atomic E-state index is 0.0654. The van der Waals surface area contributed by atoms with E-state index in [9.17, 15) is 14.0 Å². The molecule has 132 valence electrons. The molecule has 0 aliphatic carbocycles. The molecule has 2 aromatic carbocycles. The second kappa shape index (κ2) is 8.97. The standard InChI is InChI=1S/C20H23FN2O2/c1-3-17(15-7-5-4-6-8-15)20(25)23-12-11-22-19(24)16-10-9-14(2)18(21)13-16/h4-10,13,17H,3,11-12H2,1-2H3,(H,22,24)(H,23,25). The number of nitrogens with one attached hydrogen (secondary N) is 2. The predicted molar refractivity (Wildman–Crippen MR) is 96.0 cm³/mol. The van der Waals surface area contributed by atoms with Crippen molar-refractivity contribution in [2.24, 2.45) is 0 Å². The number of halogens is 1. The molecule has 1 unspecified atom stereocenters. The first-order chi connectivity index (χ1) is 12.0. The van der Waals surface area contributed by atoms with E-state index in [4.69, 9.17) is 0 Å². The molecule has 2 rings (SSSR count). The van der Waals surface area contributed by atoms with Crippen LogP contribution in [0.25, 0.3) is 0 Å². The first kappa shape index (κ1) is 18.6. The van der Waals surface area contributed by atoms with Gasteiger partial charge in [-0.15, -0.1) is 0 Å². The van der Waals surface area contributed by atoms with Gasteiger partial charge < -0.3 is 10.6 Å². The molecular formula is C20H23FN2O2. The van der Waals surface area contributed by atoms with E-state index in [2.05, 4.69) is 10.6 Å². The Morgan fingerprint density at radius 3 is 2.36 bits per heavy atom. The summed E-state index contributed by atoms with van der Waals surface area (Å²) in [6.07, 6.45) is 0.699. The highest BCUT2D eigenvalue weighted by Gasteiger charge is 2.17. The summed E-state index contributed by atoms with van der Waals surface area (Å²) in [5.74, 6) is -1.04. The second-order valence-electron chi connectivity index (χ2n) is 5.88. The number of carbonyl (C=O) groups is 2. The Hall–Kier alpha value is -2.69. The highest BCUT2D eigenvalue weighted by molar-refractivity contribution is 5.94. The molecule has 0 heterocycles. The maximum atomic E-state index is 13.5. The number of rotatable bonds is 7. The van der Waals surface area contributed by atoms with E-state index in [1.807, 2.05) is 37.3 Å². The molecule has 0 bridgehead atoms. The van der Waals surface area contributed by atoms with Crippen molar-refractivity contribution in [3.05, 3.63) is 71.0 Å². The van der Waals surface area contributed by atoms with Crippen LogP contribution in [0.4, 0.5) is 4.39 Å². The minimum Gasteiger partial charge on any atom is -0.354 e. The second-order valence-corrected chi connectivity index (χ2v) is 5.88. The summed E-state index contributed by atoms with van der Waals surface area (Å²) in [6.45, 7) is 4.21. The van der Waals surface area contributed by atoms with Gasteiger partial charge in [-0.2, -0.15) is 0 Å². The van der Waals surface area contributed by atoms with E-state index in [0.29, 0.717) is 18.5 Å². The summed E-state index contributed by atoms with van der Waals surface area (Å²) in [4.78, 5) is 24.3. The van der Waals surface area contributed by atoms with Crippen LogP contribution in [-0.2, 0) is 4.79 Å². The van der Waals surface area contributed by atoms with Gasteiger partial charge in [-0.3, -0.25) is 9.59 Å². The maximum Gasteiger partial charge on any atom is 0.251 e. The number of hydrogen-bond donors (Lipinski definition) is 2. The number of amides is 2.